The van der Waals surface area contributed by atoms with Crippen LogP contribution in [0.3, 0.4) is 0 Å². The van der Waals surface area contributed by atoms with E-state index in [0.29, 0.717) is 6.61 Å². The van der Waals surface area contributed by atoms with E-state index in [-0.39, 0.29) is 6.29 Å². The Morgan fingerprint density at radius 2 is 2.17 bits per heavy atom. The molecular formula is C16H23N5O2. The van der Waals surface area contributed by atoms with E-state index in [9.17, 15) is 0 Å². The summed E-state index contributed by atoms with van der Waals surface area (Å²) in [4.78, 5) is 0. The van der Waals surface area contributed by atoms with Gasteiger partial charge in [-0.05, 0) is 44.0 Å². The molecule has 0 saturated carbocycles. The number of hydrogen-bond acceptors (Lipinski definition) is 6. The molecule has 1 unspecified atom stereocenters. The minimum atomic E-state index is -0.104. The van der Waals surface area contributed by atoms with Gasteiger partial charge in [0.2, 0.25) is 0 Å². The molecule has 0 radical (unpaired) electrons. The predicted molar refractivity (Wildman–Crippen MR) is 85.6 cm³/mol. The number of nitrogens with one attached hydrogen (secondary N) is 2. The van der Waals surface area contributed by atoms with Crippen molar-refractivity contribution < 1.29 is 9.47 Å². The van der Waals surface area contributed by atoms with Crippen molar-refractivity contribution in [3.05, 3.63) is 41.7 Å². The standard InChI is InChI=1S/C16H23N5O2/c1-17-18-10-13-5-7-15(8-6-13)21-11-14(19-20-21)12-23-16-4-2-3-9-22-16/h5-8,11,16-18H,2-4,9-10,12H2,1H3. The lowest BCUT2D eigenvalue weighted by Crippen LogP contribution is -2.26. The molecule has 1 saturated heterocycles. The second-order valence-electron chi connectivity index (χ2n) is 5.53. The Hall–Kier alpha value is -1.80. The van der Waals surface area contributed by atoms with Gasteiger partial charge in [-0.3, -0.25) is 10.9 Å². The molecule has 124 valence electrons. The second-order valence-corrected chi connectivity index (χ2v) is 5.53. The fourth-order valence-corrected chi connectivity index (χ4v) is 2.47. The maximum atomic E-state index is 5.73. The van der Waals surface area contributed by atoms with Crippen molar-refractivity contribution in [1.29, 1.82) is 0 Å². The van der Waals surface area contributed by atoms with Crippen LogP contribution in [0.15, 0.2) is 30.5 Å². The summed E-state index contributed by atoms with van der Waals surface area (Å²) in [5.74, 6) is 0. The summed E-state index contributed by atoms with van der Waals surface area (Å²) in [6.07, 6.45) is 5.02. The molecule has 0 amide bonds. The number of aromatic nitrogens is 3. The van der Waals surface area contributed by atoms with Gasteiger partial charge in [-0.1, -0.05) is 17.3 Å². The fourth-order valence-electron chi connectivity index (χ4n) is 2.47. The lowest BCUT2D eigenvalue weighted by Gasteiger charge is -2.22. The van der Waals surface area contributed by atoms with Crippen LogP contribution in [0, 0.1) is 0 Å². The average molecular weight is 317 g/mol. The van der Waals surface area contributed by atoms with Gasteiger partial charge in [0.25, 0.3) is 0 Å². The van der Waals surface area contributed by atoms with Crippen molar-refractivity contribution in [2.24, 2.45) is 0 Å². The Morgan fingerprint density at radius 3 is 2.91 bits per heavy atom. The SMILES string of the molecule is CNNCc1ccc(-n2cc(COC3CCCCO3)nn2)cc1. The number of hydrazine groups is 1. The Balaban J connectivity index is 1.55. The zero-order chi connectivity index (χ0) is 15.9. The third-order valence-electron chi connectivity index (χ3n) is 3.77. The number of hydrogen-bond donors (Lipinski definition) is 2. The van der Waals surface area contributed by atoms with E-state index in [1.807, 2.05) is 25.4 Å². The van der Waals surface area contributed by atoms with Crippen LogP contribution in [-0.2, 0) is 22.6 Å². The Labute approximate surface area is 135 Å². The van der Waals surface area contributed by atoms with E-state index in [1.165, 1.54) is 5.56 Å². The van der Waals surface area contributed by atoms with Gasteiger partial charge in [-0.2, -0.15) is 0 Å². The number of nitrogens with zero attached hydrogens (tertiary/aromatic N) is 3. The maximum absolute atomic E-state index is 5.73. The van der Waals surface area contributed by atoms with E-state index < -0.39 is 0 Å². The molecule has 2 heterocycles. The molecule has 1 aromatic carbocycles. The normalized spacial score (nSPS) is 18.2. The minimum Gasteiger partial charge on any atom is -0.353 e. The summed E-state index contributed by atoms with van der Waals surface area (Å²) in [5, 5.41) is 8.32. The van der Waals surface area contributed by atoms with Crippen LogP contribution in [-0.4, -0.2) is 34.9 Å². The van der Waals surface area contributed by atoms with Crippen LogP contribution in [0.1, 0.15) is 30.5 Å². The van der Waals surface area contributed by atoms with Crippen LogP contribution in [0.25, 0.3) is 5.69 Å². The summed E-state index contributed by atoms with van der Waals surface area (Å²) in [7, 11) is 1.85. The monoisotopic (exact) mass is 317 g/mol. The summed E-state index contributed by atoms with van der Waals surface area (Å²) in [5.41, 5.74) is 8.95. The molecule has 1 aliphatic heterocycles. The van der Waals surface area contributed by atoms with Crippen LogP contribution in [0.2, 0.25) is 0 Å². The highest BCUT2D eigenvalue weighted by Gasteiger charge is 2.14. The van der Waals surface area contributed by atoms with E-state index in [1.54, 1.807) is 4.68 Å². The Kier molecular flexibility index (Phi) is 5.71. The topological polar surface area (TPSA) is 73.2 Å². The molecule has 23 heavy (non-hydrogen) atoms. The van der Waals surface area contributed by atoms with Crippen LogP contribution in [0.5, 0.6) is 0 Å². The zero-order valence-electron chi connectivity index (χ0n) is 13.4. The molecule has 1 aliphatic rings. The van der Waals surface area contributed by atoms with Gasteiger partial charge in [-0.15, -0.1) is 5.10 Å². The van der Waals surface area contributed by atoms with Gasteiger partial charge in [0, 0.05) is 13.2 Å². The van der Waals surface area contributed by atoms with Gasteiger partial charge in [-0.25, -0.2) is 4.68 Å². The Morgan fingerprint density at radius 1 is 1.30 bits per heavy atom. The molecule has 0 spiro atoms. The van der Waals surface area contributed by atoms with E-state index >= 15 is 0 Å². The smallest absolute Gasteiger partial charge is 0.158 e. The largest absolute Gasteiger partial charge is 0.353 e. The number of benzene rings is 1. The fraction of sp³-hybridized carbons (Fsp3) is 0.500. The highest BCUT2D eigenvalue weighted by Crippen LogP contribution is 2.15. The first-order valence-corrected chi connectivity index (χ1v) is 7.98. The van der Waals surface area contributed by atoms with Crippen molar-refractivity contribution >= 4 is 0 Å². The second kappa shape index (κ2) is 8.16. The van der Waals surface area contributed by atoms with Crippen molar-refractivity contribution in [2.75, 3.05) is 13.7 Å². The molecule has 0 bridgehead atoms. The van der Waals surface area contributed by atoms with Gasteiger partial charge in [0.05, 0.1) is 18.5 Å². The molecule has 1 aromatic heterocycles. The van der Waals surface area contributed by atoms with Crippen LogP contribution in [0.4, 0.5) is 0 Å². The van der Waals surface area contributed by atoms with Gasteiger partial charge in [0.1, 0.15) is 5.69 Å². The quantitative estimate of drug-likeness (QED) is 0.755. The first-order chi connectivity index (χ1) is 11.3. The number of ether oxygens (including phenoxy) is 2. The highest BCUT2D eigenvalue weighted by molar-refractivity contribution is 5.33. The van der Waals surface area contributed by atoms with Gasteiger partial charge >= 0.3 is 0 Å². The molecule has 1 atom stereocenters. The molecule has 2 N–H and O–H groups in total. The third kappa shape index (κ3) is 4.59. The number of rotatable bonds is 7. The van der Waals surface area contributed by atoms with Gasteiger partial charge < -0.3 is 9.47 Å². The van der Waals surface area contributed by atoms with Crippen LogP contribution >= 0.6 is 0 Å². The first-order valence-electron chi connectivity index (χ1n) is 7.98. The van der Waals surface area contributed by atoms with Gasteiger partial charge in [0.15, 0.2) is 6.29 Å². The van der Waals surface area contributed by atoms with Crippen molar-refractivity contribution in [3.8, 4) is 5.69 Å². The molecule has 2 aromatic rings. The minimum absolute atomic E-state index is 0.104. The molecule has 0 aliphatic carbocycles. The van der Waals surface area contributed by atoms with Crippen molar-refractivity contribution in [1.82, 2.24) is 25.8 Å². The average Bonchev–Trinajstić information content (AvgIpc) is 3.08. The zero-order valence-corrected chi connectivity index (χ0v) is 13.4. The highest BCUT2D eigenvalue weighted by atomic mass is 16.7. The lowest BCUT2D eigenvalue weighted by molar-refractivity contribution is -0.169. The summed E-state index contributed by atoms with van der Waals surface area (Å²) in [6, 6.07) is 8.17. The van der Waals surface area contributed by atoms with E-state index in [0.717, 1.165) is 43.8 Å². The van der Waals surface area contributed by atoms with Crippen LogP contribution < -0.4 is 10.9 Å². The predicted octanol–water partition coefficient (Wildman–Crippen LogP) is 1.53. The molecule has 1 fully saturated rings. The van der Waals surface area contributed by atoms with E-state index in [4.69, 9.17) is 9.47 Å². The summed E-state index contributed by atoms with van der Waals surface area (Å²) >= 11 is 0. The summed E-state index contributed by atoms with van der Waals surface area (Å²) < 4.78 is 13.0. The Bertz CT molecular complexity index is 593. The van der Waals surface area contributed by atoms with Crippen molar-refractivity contribution in [3.63, 3.8) is 0 Å². The summed E-state index contributed by atoms with van der Waals surface area (Å²) in [6.45, 7) is 1.98. The third-order valence-corrected chi connectivity index (χ3v) is 3.77. The molecule has 3 rings (SSSR count). The van der Waals surface area contributed by atoms with E-state index in [2.05, 4.69) is 33.3 Å². The maximum Gasteiger partial charge on any atom is 0.158 e. The molecule has 7 nitrogen and oxygen atoms in total. The first kappa shape index (κ1) is 16.1. The lowest BCUT2D eigenvalue weighted by atomic mass is 10.2. The molecular weight excluding hydrogens is 294 g/mol. The van der Waals surface area contributed by atoms with Crippen molar-refractivity contribution in [2.45, 2.75) is 38.7 Å². The molecule has 7 heteroatoms.